The van der Waals surface area contributed by atoms with E-state index in [4.69, 9.17) is 9.47 Å². The number of aliphatic hydroxyl groups is 1. The van der Waals surface area contributed by atoms with Crippen LogP contribution < -0.4 is 0 Å². The van der Waals surface area contributed by atoms with Crippen LogP contribution in [0.25, 0.3) is 0 Å². The standard InChI is InChI=1S/C23H33IO5/c1-21-8-6-15(25)10-14(21)4-5-16-17-7-9-23(19(27)12-24,29-13-28-3)22(17,2)11-18(26)20(16)21/h10,16-18,20,26H,4-9,11-13H2,1-3H3/t16-,17-,18-,20+,21-,22-,23-/m0/s1. The first-order valence-electron chi connectivity index (χ1n) is 10.9. The fraction of sp³-hybridized carbons (Fsp3) is 0.826. The first kappa shape index (κ1) is 21.9. The molecule has 0 aliphatic heterocycles. The van der Waals surface area contributed by atoms with Gasteiger partial charge in [-0.3, -0.25) is 9.59 Å². The molecule has 3 saturated carbocycles. The summed E-state index contributed by atoms with van der Waals surface area (Å²) in [5.41, 5.74) is -0.138. The van der Waals surface area contributed by atoms with E-state index >= 15 is 0 Å². The smallest absolute Gasteiger partial charge is 0.174 e. The number of halogens is 1. The van der Waals surface area contributed by atoms with Gasteiger partial charge < -0.3 is 14.6 Å². The lowest BCUT2D eigenvalue weighted by Gasteiger charge is -2.61. The van der Waals surface area contributed by atoms with E-state index in [1.807, 2.05) is 6.08 Å². The number of hydrogen-bond acceptors (Lipinski definition) is 5. The summed E-state index contributed by atoms with van der Waals surface area (Å²) in [7, 11) is 1.59. The van der Waals surface area contributed by atoms with Crippen LogP contribution in [0.1, 0.15) is 58.8 Å². The average molecular weight is 516 g/mol. The van der Waals surface area contributed by atoms with Crippen LogP contribution in [0.3, 0.4) is 0 Å². The van der Waals surface area contributed by atoms with Crippen LogP contribution in [-0.2, 0) is 19.1 Å². The number of allylic oxidation sites excluding steroid dienone is 1. The lowest BCUT2D eigenvalue weighted by molar-refractivity contribution is -0.213. The number of carbonyl (C=O) groups is 2. The van der Waals surface area contributed by atoms with Crippen molar-refractivity contribution in [2.75, 3.05) is 18.3 Å². The highest BCUT2D eigenvalue weighted by atomic mass is 127. The summed E-state index contributed by atoms with van der Waals surface area (Å²) in [6, 6.07) is 0. The molecule has 0 saturated heterocycles. The van der Waals surface area contributed by atoms with E-state index in [-0.39, 0.29) is 29.7 Å². The van der Waals surface area contributed by atoms with Crippen LogP contribution in [0.5, 0.6) is 0 Å². The molecule has 162 valence electrons. The molecule has 0 aromatic heterocycles. The fourth-order valence-electron chi connectivity index (χ4n) is 7.72. The maximum atomic E-state index is 13.2. The molecule has 4 rings (SSSR count). The Labute approximate surface area is 187 Å². The summed E-state index contributed by atoms with van der Waals surface area (Å²) in [6.07, 6.45) is 6.90. The van der Waals surface area contributed by atoms with Crippen molar-refractivity contribution in [1.29, 1.82) is 0 Å². The van der Waals surface area contributed by atoms with Gasteiger partial charge >= 0.3 is 0 Å². The monoisotopic (exact) mass is 516 g/mol. The van der Waals surface area contributed by atoms with Gasteiger partial charge in [0.1, 0.15) is 12.4 Å². The quantitative estimate of drug-likeness (QED) is 0.342. The van der Waals surface area contributed by atoms with Crippen LogP contribution in [-0.4, -0.2) is 46.7 Å². The zero-order chi connectivity index (χ0) is 21.0. The van der Waals surface area contributed by atoms with Gasteiger partial charge in [0.25, 0.3) is 0 Å². The highest BCUT2D eigenvalue weighted by molar-refractivity contribution is 14.1. The summed E-state index contributed by atoms with van der Waals surface area (Å²) in [4.78, 5) is 25.2. The zero-order valence-electron chi connectivity index (χ0n) is 17.7. The van der Waals surface area contributed by atoms with Crippen LogP contribution in [0.2, 0.25) is 0 Å². The minimum atomic E-state index is -0.875. The van der Waals surface area contributed by atoms with Crippen LogP contribution >= 0.6 is 22.6 Å². The second-order valence-corrected chi connectivity index (χ2v) is 10.8. The van der Waals surface area contributed by atoms with E-state index in [0.717, 1.165) is 25.7 Å². The molecule has 0 aromatic rings. The predicted molar refractivity (Wildman–Crippen MR) is 118 cm³/mol. The van der Waals surface area contributed by atoms with Crippen molar-refractivity contribution < 1.29 is 24.2 Å². The Morgan fingerprint density at radius 1 is 1.28 bits per heavy atom. The van der Waals surface area contributed by atoms with Crippen LogP contribution in [0.15, 0.2) is 11.6 Å². The van der Waals surface area contributed by atoms with Crippen molar-refractivity contribution >= 4 is 34.2 Å². The number of ketones is 2. The summed E-state index contributed by atoms with van der Waals surface area (Å²) >= 11 is 2.13. The number of rotatable bonds is 5. The third-order valence-electron chi connectivity index (χ3n) is 9.01. The van der Waals surface area contributed by atoms with Crippen molar-refractivity contribution in [3.63, 3.8) is 0 Å². The molecular weight excluding hydrogens is 483 g/mol. The second-order valence-electron chi connectivity index (χ2n) is 10.1. The number of fused-ring (bicyclic) bond motifs is 5. The van der Waals surface area contributed by atoms with Gasteiger partial charge in [-0.2, -0.15) is 0 Å². The number of ether oxygens (including phenoxy) is 2. The second kappa shape index (κ2) is 7.68. The van der Waals surface area contributed by atoms with E-state index in [2.05, 4.69) is 36.4 Å². The molecule has 4 aliphatic carbocycles. The number of Topliss-reactive ketones (excluding diaryl/α,β-unsaturated/α-hetero) is 1. The van der Waals surface area contributed by atoms with Gasteiger partial charge in [0.15, 0.2) is 11.6 Å². The van der Waals surface area contributed by atoms with E-state index in [1.54, 1.807) is 7.11 Å². The van der Waals surface area contributed by atoms with Gasteiger partial charge in [0, 0.05) is 18.9 Å². The van der Waals surface area contributed by atoms with Crippen LogP contribution in [0.4, 0.5) is 0 Å². The minimum Gasteiger partial charge on any atom is -0.393 e. The molecule has 1 N–H and O–H groups in total. The Morgan fingerprint density at radius 3 is 2.72 bits per heavy atom. The topological polar surface area (TPSA) is 72.8 Å². The number of carbonyl (C=O) groups excluding carboxylic acids is 2. The van der Waals surface area contributed by atoms with Crippen molar-refractivity contribution in [3.05, 3.63) is 11.6 Å². The number of hydrogen-bond donors (Lipinski definition) is 1. The summed E-state index contributed by atoms with van der Waals surface area (Å²) in [5, 5.41) is 11.5. The first-order chi connectivity index (χ1) is 13.7. The third-order valence-corrected chi connectivity index (χ3v) is 9.70. The molecule has 3 fully saturated rings. The van der Waals surface area contributed by atoms with E-state index < -0.39 is 17.1 Å². The van der Waals surface area contributed by atoms with Crippen LogP contribution in [0, 0.1) is 28.6 Å². The lowest BCUT2D eigenvalue weighted by Crippen LogP contribution is -2.62. The Kier molecular flexibility index (Phi) is 5.80. The molecule has 7 atom stereocenters. The maximum absolute atomic E-state index is 13.2. The first-order valence-corrected chi connectivity index (χ1v) is 12.4. The summed E-state index contributed by atoms with van der Waals surface area (Å²) < 4.78 is 11.8. The highest BCUT2D eigenvalue weighted by Crippen LogP contribution is 2.68. The molecule has 0 amide bonds. The molecule has 29 heavy (non-hydrogen) atoms. The number of aliphatic hydroxyl groups excluding tert-OH is 1. The molecule has 0 aromatic carbocycles. The van der Waals surface area contributed by atoms with Gasteiger partial charge in [0.05, 0.1) is 10.5 Å². The summed E-state index contributed by atoms with van der Waals surface area (Å²) in [5.74, 6) is 1.20. The molecule has 0 bridgehead atoms. The van der Waals surface area contributed by atoms with E-state index in [1.165, 1.54) is 5.57 Å². The Bertz CT molecular complexity index is 735. The van der Waals surface area contributed by atoms with E-state index in [9.17, 15) is 14.7 Å². The zero-order valence-corrected chi connectivity index (χ0v) is 19.9. The third kappa shape index (κ3) is 3.03. The molecule has 5 nitrogen and oxygen atoms in total. The minimum absolute atomic E-state index is 0.0988. The Morgan fingerprint density at radius 2 is 2.03 bits per heavy atom. The molecule has 0 unspecified atom stereocenters. The Balaban J connectivity index is 1.73. The van der Waals surface area contributed by atoms with Gasteiger partial charge in [-0.15, -0.1) is 0 Å². The van der Waals surface area contributed by atoms with Gasteiger partial charge in [-0.25, -0.2) is 0 Å². The normalized spacial score (nSPS) is 46.5. The number of alkyl halides is 1. The fourth-order valence-corrected chi connectivity index (χ4v) is 8.33. The van der Waals surface area contributed by atoms with E-state index in [0.29, 0.717) is 35.5 Å². The molecule has 0 spiro atoms. The molecule has 4 aliphatic rings. The number of methoxy groups -OCH3 is 1. The highest BCUT2D eigenvalue weighted by Gasteiger charge is 2.69. The van der Waals surface area contributed by atoms with Crippen molar-refractivity contribution in [1.82, 2.24) is 0 Å². The molecule has 0 radical (unpaired) electrons. The predicted octanol–water partition coefficient (Wildman–Crippen LogP) is 3.85. The lowest BCUT2D eigenvalue weighted by atomic mass is 9.45. The Hall–Kier alpha value is -0.310. The SMILES string of the molecule is COCO[C@]1(C(=O)CI)CC[C@H]2[C@@H]3CCC4=CC(=O)CC[C@]4(C)[C@H]3[C@@H](O)C[C@@]21C. The maximum Gasteiger partial charge on any atom is 0.174 e. The molecule has 0 heterocycles. The summed E-state index contributed by atoms with van der Waals surface area (Å²) in [6.45, 7) is 4.53. The average Bonchev–Trinajstić information content (AvgIpc) is 2.98. The van der Waals surface area contributed by atoms with Gasteiger partial charge in [-0.05, 0) is 67.8 Å². The van der Waals surface area contributed by atoms with Gasteiger partial charge in [0.2, 0.25) is 0 Å². The molecular formula is C23H33IO5. The largest absolute Gasteiger partial charge is 0.393 e. The van der Waals surface area contributed by atoms with Crippen molar-refractivity contribution in [2.45, 2.75) is 70.5 Å². The van der Waals surface area contributed by atoms with Crippen molar-refractivity contribution in [2.24, 2.45) is 28.6 Å². The molecule has 6 heteroatoms. The van der Waals surface area contributed by atoms with Gasteiger partial charge in [-0.1, -0.05) is 42.0 Å². The van der Waals surface area contributed by atoms with Crippen molar-refractivity contribution in [3.8, 4) is 0 Å².